The number of ether oxygens (including phenoxy) is 2. The van der Waals surface area contributed by atoms with E-state index in [-0.39, 0.29) is 6.03 Å². The van der Waals surface area contributed by atoms with Crippen LogP contribution in [0.5, 0.6) is 11.5 Å². The van der Waals surface area contributed by atoms with Crippen LogP contribution in [-0.2, 0) is 13.1 Å². The molecule has 0 radical (unpaired) electrons. The molecule has 0 aliphatic heterocycles. The Morgan fingerprint density at radius 2 is 2.07 bits per heavy atom. The lowest BCUT2D eigenvalue weighted by molar-refractivity contribution is 0.206. The second-order valence-corrected chi connectivity index (χ2v) is 6.78. The Balaban J connectivity index is 1.72. The topological polar surface area (TPSA) is 68.6 Å². The largest absolute Gasteiger partial charge is 0.497 e. The molecule has 3 rings (SSSR count). The minimum absolute atomic E-state index is 0.166. The molecule has 2 aromatic carbocycles. The average molecular weight is 409 g/mol. The fraction of sp³-hybridized carbons (Fsp3) is 0.304. The molecule has 1 aromatic heterocycles. The van der Waals surface area contributed by atoms with Crippen LogP contribution >= 0.6 is 0 Å². The minimum atomic E-state index is -0.166. The molecular weight excluding hydrogens is 380 g/mol. The van der Waals surface area contributed by atoms with Gasteiger partial charge < -0.3 is 24.3 Å². The lowest BCUT2D eigenvalue weighted by atomic mass is 10.2. The molecule has 0 bridgehead atoms. The summed E-state index contributed by atoms with van der Waals surface area (Å²) in [4.78, 5) is 19.0. The molecule has 0 fully saturated rings. The molecule has 0 spiro atoms. The number of imidazole rings is 1. The first kappa shape index (κ1) is 21.2. The van der Waals surface area contributed by atoms with Crippen molar-refractivity contribution < 1.29 is 14.3 Å². The van der Waals surface area contributed by atoms with Gasteiger partial charge in [-0.1, -0.05) is 24.3 Å². The Kier molecular flexibility index (Phi) is 7.71. The first-order valence-electron chi connectivity index (χ1n) is 10.1. The number of nitrogens with zero attached hydrogens (tertiary/aromatic N) is 3. The average Bonchev–Trinajstić information content (AvgIpc) is 3.28. The van der Waals surface area contributed by atoms with Crippen molar-refractivity contribution in [3.05, 3.63) is 72.8 Å². The zero-order valence-electron chi connectivity index (χ0n) is 17.5. The molecule has 0 unspecified atom stereocenters. The van der Waals surface area contributed by atoms with Crippen molar-refractivity contribution in [3.8, 4) is 11.5 Å². The van der Waals surface area contributed by atoms with E-state index >= 15 is 0 Å². The van der Waals surface area contributed by atoms with Gasteiger partial charge in [-0.05, 0) is 31.5 Å². The maximum Gasteiger partial charge on any atom is 0.322 e. The predicted molar refractivity (Wildman–Crippen MR) is 117 cm³/mol. The maximum absolute atomic E-state index is 13.1. The number of carbonyl (C=O) groups excluding carboxylic acids is 1. The highest BCUT2D eigenvalue weighted by Gasteiger charge is 2.16. The lowest BCUT2D eigenvalue weighted by Crippen LogP contribution is -2.35. The zero-order chi connectivity index (χ0) is 21.2. The molecule has 7 heteroatoms. The first-order chi connectivity index (χ1) is 14.7. The number of aromatic nitrogens is 2. The standard InChI is InChI=1S/C23H28N4O3/c1-3-30-22-11-5-4-8-19(22)17-27(14-7-13-26-15-12-24-18-26)23(28)25-20-9-6-10-21(16-20)29-2/h4-6,8-12,15-16,18H,3,7,13-14,17H2,1-2H3,(H,25,28). The van der Waals surface area contributed by atoms with Crippen molar-refractivity contribution in [2.45, 2.75) is 26.4 Å². The van der Waals surface area contributed by atoms with Crippen LogP contribution in [0, 0.1) is 0 Å². The number of aryl methyl sites for hydroxylation is 1. The Bertz CT molecular complexity index is 928. The van der Waals surface area contributed by atoms with Crippen LogP contribution in [-0.4, -0.2) is 40.7 Å². The highest BCUT2D eigenvalue weighted by molar-refractivity contribution is 5.89. The van der Waals surface area contributed by atoms with Crippen molar-refractivity contribution in [2.75, 3.05) is 25.6 Å². The molecule has 0 saturated heterocycles. The summed E-state index contributed by atoms with van der Waals surface area (Å²) in [5, 5.41) is 2.98. The number of nitrogens with one attached hydrogen (secondary N) is 1. The van der Waals surface area contributed by atoms with Gasteiger partial charge >= 0.3 is 6.03 Å². The number of methoxy groups -OCH3 is 1. The molecule has 158 valence electrons. The number of anilines is 1. The third kappa shape index (κ3) is 6.01. The van der Waals surface area contributed by atoms with Gasteiger partial charge in [0, 0.05) is 42.8 Å². The van der Waals surface area contributed by atoms with Gasteiger partial charge in [0.2, 0.25) is 0 Å². The molecule has 0 aliphatic carbocycles. The van der Waals surface area contributed by atoms with Gasteiger partial charge in [-0.2, -0.15) is 0 Å². The van der Waals surface area contributed by atoms with Crippen LogP contribution < -0.4 is 14.8 Å². The number of rotatable bonds is 10. The molecular formula is C23H28N4O3. The van der Waals surface area contributed by atoms with Crippen molar-refractivity contribution in [2.24, 2.45) is 0 Å². The second kappa shape index (κ2) is 10.9. The Labute approximate surface area is 177 Å². The van der Waals surface area contributed by atoms with Crippen LogP contribution in [0.2, 0.25) is 0 Å². The van der Waals surface area contributed by atoms with Crippen molar-refractivity contribution >= 4 is 11.7 Å². The van der Waals surface area contributed by atoms with Crippen LogP contribution in [0.3, 0.4) is 0 Å². The van der Waals surface area contributed by atoms with E-state index in [4.69, 9.17) is 9.47 Å². The Hall–Kier alpha value is -3.48. The molecule has 1 heterocycles. The number of benzene rings is 2. The second-order valence-electron chi connectivity index (χ2n) is 6.78. The summed E-state index contributed by atoms with van der Waals surface area (Å²) in [7, 11) is 1.61. The van der Waals surface area contributed by atoms with Gasteiger partial charge in [0.05, 0.1) is 26.6 Å². The number of carbonyl (C=O) groups is 1. The summed E-state index contributed by atoms with van der Waals surface area (Å²) in [6, 6.07) is 15.0. The van der Waals surface area contributed by atoms with E-state index in [1.807, 2.05) is 60.2 Å². The normalized spacial score (nSPS) is 10.5. The van der Waals surface area contributed by atoms with E-state index in [0.717, 1.165) is 24.3 Å². The fourth-order valence-corrected chi connectivity index (χ4v) is 3.16. The van der Waals surface area contributed by atoms with Crippen molar-refractivity contribution in [1.29, 1.82) is 0 Å². The van der Waals surface area contributed by atoms with E-state index in [1.165, 1.54) is 0 Å². The number of hydrogen-bond donors (Lipinski definition) is 1. The summed E-state index contributed by atoms with van der Waals surface area (Å²) in [6.45, 7) is 4.36. The van der Waals surface area contributed by atoms with Gasteiger partial charge in [0.15, 0.2) is 0 Å². The minimum Gasteiger partial charge on any atom is -0.497 e. The van der Waals surface area contributed by atoms with E-state index in [9.17, 15) is 4.79 Å². The molecule has 0 aliphatic rings. The first-order valence-corrected chi connectivity index (χ1v) is 10.1. The number of para-hydroxylation sites is 1. The van der Waals surface area contributed by atoms with Gasteiger partial charge in [-0.25, -0.2) is 9.78 Å². The monoisotopic (exact) mass is 408 g/mol. The smallest absolute Gasteiger partial charge is 0.322 e. The summed E-state index contributed by atoms with van der Waals surface area (Å²) < 4.78 is 13.0. The SMILES string of the molecule is CCOc1ccccc1CN(CCCn1ccnc1)C(=O)Nc1cccc(OC)c1. The van der Waals surface area contributed by atoms with E-state index in [2.05, 4.69) is 10.3 Å². The quantitative estimate of drug-likeness (QED) is 0.539. The van der Waals surface area contributed by atoms with Crippen molar-refractivity contribution in [3.63, 3.8) is 0 Å². The van der Waals surface area contributed by atoms with Crippen molar-refractivity contribution in [1.82, 2.24) is 14.5 Å². The van der Waals surface area contributed by atoms with Crippen LogP contribution in [0.4, 0.5) is 10.5 Å². The highest BCUT2D eigenvalue weighted by atomic mass is 16.5. The zero-order valence-corrected chi connectivity index (χ0v) is 17.5. The number of hydrogen-bond acceptors (Lipinski definition) is 4. The summed E-state index contributed by atoms with van der Waals surface area (Å²) in [5.41, 5.74) is 1.67. The third-order valence-corrected chi connectivity index (χ3v) is 4.65. The Morgan fingerprint density at radius 1 is 1.20 bits per heavy atom. The lowest BCUT2D eigenvalue weighted by Gasteiger charge is -2.24. The molecule has 1 N–H and O–H groups in total. The third-order valence-electron chi connectivity index (χ3n) is 4.65. The van der Waals surface area contributed by atoms with Crippen LogP contribution in [0.1, 0.15) is 18.9 Å². The molecule has 3 aromatic rings. The highest BCUT2D eigenvalue weighted by Crippen LogP contribution is 2.22. The van der Waals surface area contributed by atoms with Gasteiger partial charge in [-0.15, -0.1) is 0 Å². The Morgan fingerprint density at radius 3 is 2.83 bits per heavy atom. The maximum atomic E-state index is 13.1. The molecule has 2 amide bonds. The predicted octanol–water partition coefficient (Wildman–Crippen LogP) is 4.41. The summed E-state index contributed by atoms with van der Waals surface area (Å²) in [6.07, 6.45) is 6.26. The number of urea groups is 1. The summed E-state index contributed by atoms with van der Waals surface area (Å²) in [5.74, 6) is 1.50. The van der Waals surface area contributed by atoms with Crippen LogP contribution in [0.15, 0.2) is 67.3 Å². The van der Waals surface area contributed by atoms with E-state index in [1.54, 1.807) is 30.6 Å². The summed E-state index contributed by atoms with van der Waals surface area (Å²) >= 11 is 0. The van der Waals surface area contributed by atoms with Crippen LogP contribution in [0.25, 0.3) is 0 Å². The number of amides is 2. The van der Waals surface area contributed by atoms with E-state index in [0.29, 0.717) is 31.1 Å². The van der Waals surface area contributed by atoms with Gasteiger partial charge in [0.1, 0.15) is 11.5 Å². The van der Waals surface area contributed by atoms with Gasteiger partial charge in [-0.3, -0.25) is 0 Å². The fourth-order valence-electron chi connectivity index (χ4n) is 3.16. The van der Waals surface area contributed by atoms with E-state index < -0.39 is 0 Å². The van der Waals surface area contributed by atoms with Gasteiger partial charge in [0.25, 0.3) is 0 Å². The molecule has 7 nitrogen and oxygen atoms in total. The molecule has 30 heavy (non-hydrogen) atoms. The molecule has 0 atom stereocenters. The molecule has 0 saturated carbocycles.